The maximum Gasteiger partial charge on any atom is 0.270 e. The second-order valence-electron chi connectivity index (χ2n) is 7.13. The molecule has 0 aromatic heterocycles. The van der Waals surface area contributed by atoms with Crippen LogP contribution in [0.1, 0.15) is 5.56 Å². The zero-order valence-electron chi connectivity index (χ0n) is 18.0. The van der Waals surface area contributed by atoms with Crippen molar-refractivity contribution in [3.63, 3.8) is 0 Å². The van der Waals surface area contributed by atoms with Gasteiger partial charge in [0.2, 0.25) is 0 Å². The third-order valence-corrected chi connectivity index (χ3v) is 6.30. The van der Waals surface area contributed by atoms with Gasteiger partial charge in [-0.15, -0.1) is 0 Å². The summed E-state index contributed by atoms with van der Waals surface area (Å²) in [6.45, 7) is -0.171. The summed E-state index contributed by atoms with van der Waals surface area (Å²) in [6.07, 6.45) is 1.75. The Morgan fingerprint density at radius 3 is 2.59 bits per heavy atom. The number of carbonyl (C=O) groups is 2. The molecule has 3 aromatic rings. The topological polar surface area (TPSA) is 67.9 Å². The number of ether oxygens (including phenoxy) is 2. The SMILES string of the molecule is COc1ccc(N2C(=O)/C(=C/c3cccc(OCC(=O)Nc4cccc(Cl)c4)c3)SC2=S)cc1. The molecule has 172 valence electrons. The van der Waals surface area contributed by atoms with Gasteiger partial charge < -0.3 is 14.8 Å². The zero-order valence-corrected chi connectivity index (χ0v) is 20.4. The van der Waals surface area contributed by atoms with Gasteiger partial charge in [-0.25, -0.2) is 0 Å². The maximum atomic E-state index is 13.0. The number of rotatable bonds is 7. The van der Waals surface area contributed by atoms with E-state index in [4.69, 9.17) is 33.3 Å². The van der Waals surface area contributed by atoms with Crippen LogP contribution in [-0.4, -0.2) is 29.9 Å². The number of thiocarbonyl (C=S) groups is 1. The van der Waals surface area contributed by atoms with Crippen LogP contribution in [0, 0.1) is 0 Å². The Balaban J connectivity index is 1.42. The highest BCUT2D eigenvalue weighted by Gasteiger charge is 2.33. The van der Waals surface area contributed by atoms with Crippen molar-refractivity contribution in [2.75, 3.05) is 23.9 Å². The molecule has 0 bridgehead atoms. The first-order chi connectivity index (χ1) is 16.4. The summed E-state index contributed by atoms with van der Waals surface area (Å²) in [5, 5.41) is 3.26. The van der Waals surface area contributed by atoms with Gasteiger partial charge in [0.1, 0.15) is 11.5 Å². The monoisotopic (exact) mass is 510 g/mol. The van der Waals surface area contributed by atoms with Crippen LogP contribution in [0.5, 0.6) is 11.5 Å². The number of nitrogens with zero attached hydrogens (tertiary/aromatic N) is 1. The minimum absolute atomic E-state index is 0.171. The third kappa shape index (κ3) is 5.77. The van der Waals surface area contributed by atoms with Crippen molar-refractivity contribution in [3.05, 3.63) is 88.3 Å². The molecule has 3 aromatic carbocycles. The van der Waals surface area contributed by atoms with Crippen molar-refractivity contribution < 1.29 is 19.1 Å². The lowest BCUT2D eigenvalue weighted by atomic mass is 10.2. The number of nitrogens with one attached hydrogen (secondary N) is 1. The Bertz CT molecular complexity index is 1280. The van der Waals surface area contributed by atoms with E-state index in [2.05, 4.69) is 5.32 Å². The number of amides is 2. The van der Waals surface area contributed by atoms with E-state index in [1.807, 2.05) is 6.07 Å². The molecule has 4 rings (SSSR count). The van der Waals surface area contributed by atoms with E-state index in [0.29, 0.717) is 37.1 Å². The van der Waals surface area contributed by atoms with Gasteiger partial charge in [0, 0.05) is 10.7 Å². The van der Waals surface area contributed by atoms with Gasteiger partial charge in [0.15, 0.2) is 10.9 Å². The van der Waals surface area contributed by atoms with Crippen LogP contribution in [0.15, 0.2) is 77.7 Å². The van der Waals surface area contributed by atoms with Crippen molar-refractivity contribution in [1.82, 2.24) is 0 Å². The van der Waals surface area contributed by atoms with E-state index in [1.54, 1.807) is 79.9 Å². The van der Waals surface area contributed by atoms with Crippen molar-refractivity contribution in [2.24, 2.45) is 0 Å². The van der Waals surface area contributed by atoms with Crippen molar-refractivity contribution in [3.8, 4) is 11.5 Å². The molecule has 1 aliphatic heterocycles. The van der Waals surface area contributed by atoms with E-state index in [9.17, 15) is 9.59 Å². The van der Waals surface area contributed by atoms with Gasteiger partial charge in [0.25, 0.3) is 11.8 Å². The molecule has 0 radical (unpaired) electrons. The molecule has 1 fully saturated rings. The third-order valence-electron chi connectivity index (χ3n) is 4.76. The van der Waals surface area contributed by atoms with Crippen LogP contribution in [-0.2, 0) is 9.59 Å². The molecule has 1 N–H and O–H groups in total. The van der Waals surface area contributed by atoms with Crippen LogP contribution >= 0.6 is 35.6 Å². The lowest BCUT2D eigenvalue weighted by molar-refractivity contribution is -0.118. The number of anilines is 2. The van der Waals surface area contributed by atoms with E-state index in [1.165, 1.54) is 16.7 Å². The molecular weight excluding hydrogens is 492 g/mol. The quantitative estimate of drug-likeness (QED) is 0.321. The fourth-order valence-corrected chi connectivity index (χ4v) is 4.67. The van der Waals surface area contributed by atoms with Gasteiger partial charge in [-0.2, -0.15) is 0 Å². The number of hydrogen-bond donors (Lipinski definition) is 1. The molecule has 0 unspecified atom stereocenters. The number of hydrogen-bond acceptors (Lipinski definition) is 6. The highest BCUT2D eigenvalue weighted by molar-refractivity contribution is 8.27. The number of carbonyl (C=O) groups excluding carboxylic acids is 2. The minimum atomic E-state index is -0.312. The summed E-state index contributed by atoms with van der Waals surface area (Å²) in [7, 11) is 1.58. The molecule has 0 saturated carbocycles. The predicted octanol–water partition coefficient (Wildman–Crippen LogP) is 5.77. The summed E-state index contributed by atoms with van der Waals surface area (Å²) in [5.41, 5.74) is 2.02. The lowest BCUT2D eigenvalue weighted by Crippen LogP contribution is -2.27. The van der Waals surface area contributed by atoms with Crippen LogP contribution in [0.2, 0.25) is 5.02 Å². The van der Waals surface area contributed by atoms with E-state index < -0.39 is 0 Å². The van der Waals surface area contributed by atoms with E-state index in [0.717, 1.165) is 5.56 Å². The van der Waals surface area contributed by atoms with Gasteiger partial charge in [0.05, 0.1) is 17.7 Å². The number of benzene rings is 3. The molecule has 1 heterocycles. The molecule has 2 amide bonds. The highest BCUT2D eigenvalue weighted by atomic mass is 35.5. The summed E-state index contributed by atoms with van der Waals surface area (Å²) < 4.78 is 11.2. The van der Waals surface area contributed by atoms with Crippen LogP contribution < -0.4 is 19.7 Å². The summed E-state index contributed by atoms with van der Waals surface area (Å²) >= 11 is 12.6. The average Bonchev–Trinajstić information content (AvgIpc) is 3.10. The Morgan fingerprint density at radius 2 is 1.85 bits per heavy atom. The Hall–Kier alpha value is -3.33. The first kappa shape index (κ1) is 23.8. The molecule has 34 heavy (non-hydrogen) atoms. The Labute approximate surface area is 211 Å². The van der Waals surface area contributed by atoms with Gasteiger partial charge in [-0.3, -0.25) is 14.5 Å². The summed E-state index contributed by atoms with van der Waals surface area (Å²) in [6, 6.07) is 21.1. The average molecular weight is 511 g/mol. The molecular formula is C25H19ClN2O4S2. The zero-order chi connectivity index (χ0) is 24.1. The van der Waals surface area contributed by atoms with Crippen molar-refractivity contribution in [2.45, 2.75) is 0 Å². The summed E-state index contributed by atoms with van der Waals surface area (Å²) in [4.78, 5) is 27.2. The van der Waals surface area contributed by atoms with Gasteiger partial charge in [-0.1, -0.05) is 53.8 Å². The minimum Gasteiger partial charge on any atom is -0.497 e. The molecule has 9 heteroatoms. The van der Waals surface area contributed by atoms with Crippen LogP contribution in [0.3, 0.4) is 0 Å². The van der Waals surface area contributed by atoms with Crippen LogP contribution in [0.4, 0.5) is 11.4 Å². The molecule has 1 saturated heterocycles. The van der Waals surface area contributed by atoms with E-state index >= 15 is 0 Å². The first-order valence-electron chi connectivity index (χ1n) is 10.1. The molecule has 0 atom stereocenters. The van der Waals surface area contributed by atoms with Gasteiger partial charge in [-0.05, 0) is 66.2 Å². The second-order valence-corrected chi connectivity index (χ2v) is 9.25. The molecule has 1 aliphatic rings. The predicted molar refractivity (Wildman–Crippen MR) is 141 cm³/mol. The summed E-state index contributed by atoms with van der Waals surface area (Å²) in [5.74, 6) is 0.684. The first-order valence-corrected chi connectivity index (χ1v) is 11.7. The maximum absolute atomic E-state index is 13.0. The molecule has 0 aliphatic carbocycles. The molecule has 6 nitrogen and oxygen atoms in total. The van der Waals surface area contributed by atoms with Crippen LogP contribution in [0.25, 0.3) is 6.08 Å². The standard InChI is InChI=1S/C25H19ClN2O4S2/c1-31-20-10-8-19(9-11-20)28-24(30)22(34-25(28)33)13-16-4-2-7-21(12-16)32-15-23(29)27-18-6-3-5-17(26)14-18/h2-14H,15H2,1H3,(H,27,29)/b22-13-. The van der Waals surface area contributed by atoms with E-state index in [-0.39, 0.29) is 18.4 Å². The molecule has 0 spiro atoms. The highest BCUT2D eigenvalue weighted by Crippen LogP contribution is 2.36. The Morgan fingerprint density at radius 1 is 1.09 bits per heavy atom. The second kappa shape index (κ2) is 10.7. The fourth-order valence-electron chi connectivity index (χ4n) is 3.18. The Kier molecular flexibility index (Phi) is 7.52. The number of thioether (sulfide) groups is 1. The fraction of sp³-hybridized carbons (Fsp3) is 0.0800. The number of methoxy groups -OCH3 is 1. The lowest BCUT2D eigenvalue weighted by Gasteiger charge is -2.14. The smallest absolute Gasteiger partial charge is 0.270 e. The van der Waals surface area contributed by atoms with Crippen molar-refractivity contribution in [1.29, 1.82) is 0 Å². The largest absolute Gasteiger partial charge is 0.497 e. The normalized spacial score (nSPS) is 14.4. The van der Waals surface area contributed by atoms with Gasteiger partial charge >= 0.3 is 0 Å². The van der Waals surface area contributed by atoms with Crippen molar-refractivity contribution >= 4 is 69.2 Å². The number of halogens is 1.